The average Bonchev–Trinajstić information content (AvgIpc) is 3.11. The zero-order valence-corrected chi connectivity index (χ0v) is 17.7. The number of likely N-dealkylation sites (N-methyl/N-ethyl adjacent to an activating group) is 1. The van der Waals surface area contributed by atoms with Crippen LogP contribution in [0.15, 0.2) is 0 Å². The lowest BCUT2D eigenvalue weighted by atomic mass is 10.0. The van der Waals surface area contributed by atoms with Gasteiger partial charge in [-0.25, -0.2) is 4.98 Å². The van der Waals surface area contributed by atoms with Gasteiger partial charge in [-0.2, -0.15) is 0 Å². The van der Waals surface area contributed by atoms with Gasteiger partial charge in [0.15, 0.2) is 5.01 Å². The van der Waals surface area contributed by atoms with Crippen LogP contribution < -0.4 is 5.32 Å². The highest BCUT2D eigenvalue weighted by Gasteiger charge is 2.30. The summed E-state index contributed by atoms with van der Waals surface area (Å²) < 4.78 is 10.3. The Labute approximate surface area is 170 Å². The van der Waals surface area contributed by atoms with Crippen LogP contribution in [0.3, 0.4) is 0 Å². The number of fused-ring (bicyclic) bond motifs is 1. The van der Waals surface area contributed by atoms with E-state index in [9.17, 15) is 9.59 Å². The number of nitrogens with one attached hydrogen (secondary N) is 1. The first kappa shape index (κ1) is 21.2. The van der Waals surface area contributed by atoms with Crippen molar-refractivity contribution in [1.29, 1.82) is 0 Å². The Morgan fingerprint density at radius 2 is 2.04 bits per heavy atom. The third-order valence-electron chi connectivity index (χ3n) is 5.27. The van der Waals surface area contributed by atoms with E-state index in [0.29, 0.717) is 31.3 Å². The zero-order valence-electron chi connectivity index (χ0n) is 16.9. The molecule has 0 bridgehead atoms. The Bertz CT molecular complexity index is 689. The maximum absolute atomic E-state index is 12.8. The molecule has 8 nitrogen and oxygen atoms in total. The van der Waals surface area contributed by atoms with Crippen LogP contribution in [0, 0.1) is 5.92 Å². The number of carbonyl (C=O) groups is 2. The minimum atomic E-state index is -0.313. The normalized spacial score (nSPS) is 20.3. The Balaban J connectivity index is 1.58. The number of aromatic nitrogens is 1. The molecule has 0 unspecified atom stereocenters. The van der Waals surface area contributed by atoms with Crippen LogP contribution in [-0.4, -0.2) is 86.8 Å². The number of carbonyl (C=O) groups excluding carboxylic acids is 2. The Hall–Kier alpha value is -1.55. The smallest absolute Gasteiger partial charge is 0.280 e. The van der Waals surface area contributed by atoms with Crippen molar-refractivity contribution in [2.75, 3.05) is 54.1 Å². The lowest BCUT2D eigenvalue weighted by Gasteiger charge is -2.35. The van der Waals surface area contributed by atoms with Gasteiger partial charge in [-0.1, -0.05) is 0 Å². The molecule has 156 valence electrons. The Morgan fingerprint density at radius 3 is 2.75 bits per heavy atom. The Morgan fingerprint density at radius 1 is 1.29 bits per heavy atom. The summed E-state index contributed by atoms with van der Waals surface area (Å²) in [6.45, 7) is 3.71. The van der Waals surface area contributed by atoms with Gasteiger partial charge in [-0.05, 0) is 19.9 Å². The first-order valence-electron chi connectivity index (χ1n) is 9.76. The number of ether oxygens (including phenoxy) is 2. The summed E-state index contributed by atoms with van der Waals surface area (Å²) in [6.07, 6.45) is 2.62. The van der Waals surface area contributed by atoms with E-state index in [0.717, 1.165) is 38.0 Å². The van der Waals surface area contributed by atoms with E-state index in [1.54, 1.807) is 14.2 Å². The molecular formula is C19H30N4O4S. The molecule has 2 amide bonds. The van der Waals surface area contributed by atoms with Gasteiger partial charge in [0.05, 0.1) is 24.8 Å². The lowest BCUT2D eigenvalue weighted by Crippen LogP contribution is -2.51. The van der Waals surface area contributed by atoms with Crippen LogP contribution in [0.2, 0.25) is 0 Å². The van der Waals surface area contributed by atoms with E-state index in [2.05, 4.69) is 22.2 Å². The largest absolute Gasteiger partial charge is 0.384 e. The SMILES string of the molecule is COCC(COC)C(=O)N1CCC[C@H](NC(=O)c2nc3c(s2)CN(C)CC3)C1. The minimum Gasteiger partial charge on any atom is -0.384 e. The van der Waals surface area contributed by atoms with E-state index < -0.39 is 0 Å². The molecule has 1 aromatic rings. The standard InChI is InChI=1S/C19H30N4O4S/c1-22-8-6-15-16(10-22)28-18(21-15)17(24)20-14-5-4-7-23(9-14)19(25)13(11-26-2)12-27-3/h13-14H,4-12H2,1-3H3,(H,20,24)/t14-/m0/s1. The number of piperidine rings is 1. The molecule has 2 aliphatic rings. The van der Waals surface area contributed by atoms with Gasteiger partial charge in [0, 0.05) is 57.7 Å². The van der Waals surface area contributed by atoms with E-state index in [1.165, 1.54) is 16.2 Å². The zero-order chi connectivity index (χ0) is 20.1. The van der Waals surface area contributed by atoms with Crippen molar-refractivity contribution in [2.24, 2.45) is 5.92 Å². The predicted molar refractivity (Wildman–Crippen MR) is 106 cm³/mol. The van der Waals surface area contributed by atoms with Gasteiger partial charge in [0.1, 0.15) is 0 Å². The molecule has 1 atom stereocenters. The van der Waals surface area contributed by atoms with Crippen molar-refractivity contribution < 1.29 is 19.1 Å². The fourth-order valence-electron chi connectivity index (χ4n) is 3.81. The number of hydrogen-bond donors (Lipinski definition) is 1. The lowest BCUT2D eigenvalue weighted by molar-refractivity contribution is -0.140. The van der Waals surface area contributed by atoms with Crippen molar-refractivity contribution in [3.05, 3.63) is 15.6 Å². The second-order valence-corrected chi connectivity index (χ2v) is 8.66. The molecule has 28 heavy (non-hydrogen) atoms. The molecule has 1 N–H and O–H groups in total. The summed E-state index contributed by atoms with van der Waals surface area (Å²) in [6, 6.07) is -0.0560. The van der Waals surface area contributed by atoms with E-state index in [-0.39, 0.29) is 23.8 Å². The number of likely N-dealkylation sites (tertiary alicyclic amines) is 1. The van der Waals surface area contributed by atoms with Crippen LogP contribution in [0.5, 0.6) is 0 Å². The molecule has 0 saturated carbocycles. The van der Waals surface area contributed by atoms with Crippen molar-refractivity contribution in [1.82, 2.24) is 20.1 Å². The van der Waals surface area contributed by atoms with Gasteiger partial charge in [0.2, 0.25) is 5.91 Å². The van der Waals surface area contributed by atoms with Crippen LogP contribution >= 0.6 is 11.3 Å². The molecular weight excluding hydrogens is 380 g/mol. The molecule has 0 spiro atoms. The third kappa shape index (κ3) is 5.08. The molecule has 3 rings (SSSR count). The second-order valence-electron chi connectivity index (χ2n) is 7.58. The van der Waals surface area contributed by atoms with Crippen molar-refractivity contribution in [2.45, 2.75) is 31.8 Å². The van der Waals surface area contributed by atoms with Gasteiger partial charge in [-0.15, -0.1) is 11.3 Å². The topological polar surface area (TPSA) is 84.0 Å². The molecule has 9 heteroatoms. The first-order valence-corrected chi connectivity index (χ1v) is 10.6. The number of nitrogens with zero attached hydrogens (tertiary/aromatic N) is 3. The third-order valence-corrected chi connectivity index (χ3v) is 6.35. The van der Waals surface area contributed by atoms with Crippen LogP contribution in [0.4, 0.5) is 0 Å². The number of hydrogen-bond acceptors (Lipinski definition) is 7. The maximum Gasteiger partial charge on any atom is 0.280 e. The summed E-state index contributed by atoms with van der Waals surface area (Å²) in [4.78, 5) is 35.3. The van der Waals surface area contributed by atoms with Crippen molar-refractivity contribution in [3.63, 3.8) is 0 Å². The molecule has 2 aliphatic heterocycles. The van der Waals surface area contributed by atoms with E-state index >= 15 is 0 Å². The van der Waals surface area contributed by atoms with Gasteiger partial charge in [-0.3, -0.25) is 9.59 Å². The molecule has 0 aromatic carbocycles. The van der Waals surface area contributed by atoms with E-state index in [4.69, 9.17) is 9.47 Å². The number of thiazole rings is 1. The summed E-state index contributed by atoms with van der Waals surface area (Å²) in [7, 11) is 5.25. The summed E-state index contributed by atoms with van der Waals surface area (Å²) >= 11 is 1.48. The van der Waals surface area contributed by atoms with Crippen LogP contribution in [-0.2, 0) is 27.2 Å². The van der Waals surface area contributed by atoms with Crippen LogP contribution in [0.25, 0.3) is 0 Å². The maximum atomic E-state index is 12.8. The van der Waals surface area contributed by atoms with Crippen molar-refractivity contribution in [3.8, 4) is 0 Å². The molecule has 0 aliphatic carbocycles. The molecule has 1 saturated heterocycles. The summed E-state index contributed by atoms with van der Waals surface area (Å²) in [5.74, 6) is -0.422. The molecule has 0 radical (unpaired) electrons. The average molecular weight is 411 g/mol. The predicted octanol–water partition coefficient (Wildman–Crippen LogP) is 0.761. The van der Waals surface area contributed by atoms with Crippen LogP contribution in [0.1, 0.15) is 33.2 Å². The quantitative estimate of drug-likeness (QED) is 0.715. The van der Waals surface area contributed by atoms with Gasteiger partial charge < -0.3 is 24.6 Å². The fourth-order valence-corrected chi connectivity index (χ4v) is 4.91. The first-order chi connectivity index (χ1) is 13.5. The fraction of sp³-hybridized carbons (Fsp3) is 0.737. The second kappa shape index (κ2) is 9.78. The Kier molecular flexibility index (Phi) is 7.39. The minimum absolute atomic E-state index is 0.0235. The van der Waals surface area contributed by atoms with Gasteiger partial charge in [0.25, 0.3) is 5.91 Å². The highest BCUT2D eigenvalue weighted by atomic mass is 32.1. The highest BCUT2D eigenvalue weighted by molar-refractivity contribution is 7.13. The summed E-state index contributed by atoms with van der Waals surface area (Å²) in [5, 5.41) is 3.61. The monoisotopic (exact) mass is 410 g/mol. The summed E-state index contributed by atoms with van der Waals surface area (Å²) in [5.41, 5.74) is 1.05. The highest BCUT2D eigenvalue weighted by Crippen LogP contribution is 2.24. The van der Waals surface area contributed by atoms with E-state index in [1.807, 2.05) is 4.90 Å². The molecule has 3 heterocycles. The van der Waals surface area contributed by atoms with Gasteiger partial charge >= 0.3 is 0 Å². The number of methoxy groups -OCH3 is 2. The number of rotatable bonds is 7. The molecule has 1 aromatic heterocycles. The molecule has 1 fully saturated rings. The number of amides is 2. The van der Waals surface area contributed by atoms with Crippen molar-refractivity contribution >= 4 is 23.2 Å².